The smallest absolute Gasteiger partial charge is 0.316 e. The van der Waals surface area contributed by atoms with Gasteiger partial charge in [0.2, 0.25) is 0 Å². The standard InChI is InChI=1S/C19H20N2O4S/c1-11(2)25-16(23)10-26-19-12(9-20)17(15-7-4-8-24-15)18-13(21-19)5-3-6-14(18)22/h4,7-8,11,17,21H,3,5-6,10H2,1-2H3/t17-/m0/s1. The molecule has 1 aliphatic heterocycles. The quantitative estimate of drug-likeness (QED) is 0.792. The summed E-state index contributed by atoms with van der Waals surface area (Å²) in [5.41, 5.74) is 1.83. The number of ether oxygens (including phenoxy) is 1. The van der Waals surface area contributed by atoms with Crippen LogP contribution in [0.25, 0.3) is 0 Å². The van der Waals surface area contributed by atoms with Gasteiger partial charge >= 0.3 is 5.97 Å². The Kier molecular flexibility index (Phi) is 5.52. The number of nitrogens with zero attached hydrogens (tertiary/aromatic N) is 1. The molecule has 6 nitrogen and oxygen atoms in total. The Morgan fingerprint density at radius 1 is 1.50 bits per heavy atom. The summed E-state index contributed by atoms with van der Waals surface area (Å²) in [6, 6.07) is 5.72. The number of carbonyl (C=O) groups is 2. The van der Waals surface area contributed by atoms with E-state index in [-0.39, 0.29) is 23.6 Å². The Morgan fingerprint density at radius 3 is 2.96 bits per heavy atom. The van der Waals surface area contributed by atoms with Crippen molar-refractivity contribution in [2.75, 3.05) is 5.75 Å². The number of nitriles is 1. The fourth-order valence-corrected chi connectivity index (χ4v) is 4.05. The molecule has 2 aliphatic rings. The molecule has 0 spiro atoms. The minimum Gasteiger partial charge on any atom is -0.468 e. The number of dihydropyridines is 1. The van der Waals surface area contributed by atoms with Crippen LogP contribution >= 0.6 is 11.8 Å². The van der Waals surface area contributed by atoms with Crippen molar-refractivity contribution in [2.45, 2.75) is 45.1 Å². The maximum absolute atomic E-state index is 12.5. The first kappa shape index (κ1) is 18.3. The molecule has 1 N–H and O–H groups in total. The van der Waals surface area contributed by atoms with Crippen molar-refractivity contribution in [3.05, 3.63) is 46.0 Å². The molecule has 0 radical (unpaired) electrons. The number of esters is 1. The second-order valence-corrected chi connectivity index (χ2v) is 7.41. The van der Waals surface area contributed by atoms with Crippen molar-refractivity contribution in [1.29, 1.82) is 5.26 Å². The predicted octanol–water partition coefficient (Wildman–Crippen LogP) is 3.39. The predicted molar refractivity (Wildman–Crippen MR) is 96.8 cm³/mol. The summed E-state index contributed by atoms with van der Waals surface area (Å²) in [7, 11) is 0. The van der Waals surface area contributed by atoms with E-state index in [2.05, 4.69) is 11.4 Å². The highest BCUT2D eigenvalue weighted by atomic mass is 32.2. The summed E-state index contributed by atoms with van der Waals surface area (Å²) in [6.45, 7) is 3.58. The SMILES string of the molecule is CC(C)OC(=O)CSC1=C(C#N)[C@@H](c2ccco2)C2=C(CCCC2=O)N1. The van der Waals surface area contributed by atoms with Crippen molar-refractivity contribution in [1.82, 2.24) is 5.32 Å². The highest BCUT2D eigenvalue weighted by Crippen LogP contribution is 2.44. The summed E-state index contributed by atoms with van der Waals surface area (Å²) in [6.07, 6.45) is 3.32. The molecule has 136 valence electrons. The van der Waals surface area contributed by atoms with Gasteiger partial charge in [-0.1, -0.05) is 11.8 Å². The Morgan fingerprint density at radius 2 is 2.31 bits per heavy atom. The molecule has 1 aromatic heterocycles. The number of furan rings is 1. The lowest BCUT2D eigenvalue weighted by atomic mass is 9.79. The molecule has 0 amide bonds. The van der Waals surface area contributed by atoms with Gasteiger partial charge in [0.1, 0.15) is 5.76 Å². The van der Waals surface area contributed by atoms with E-state index in [0.29, 0.717) is 28.4 Å². The third kappa shape index (κ3) is 3.70. The van der Waals surface area contributed by atoms with Crippen LogP contribution in [0, 0.1) is 11.3 Å². The molecule has 1 atom stereocenters. The zero-order valence-electron chi connectivity index (χ0n) is 14.7. The molecule has 0 saturated carbocycles. The molecule has 1 aliphatic carbocycles. The van der Waals surface area contributed by atoms with Crippen LogP contribution in [0.1, 0.15) is 44.8 Å². The van der Waals surface area contributed by atoms with E-state index in [9.17, 15) is 14.9 Å². The van der Waals surface area contributed by atoms with E-state index in [1.54, 1.807) is 26.0 Å². The van der Waals surface area contributed by atoms with Crippen molar-refractivity contribution in [2.24, 2.45) is 0 Å². The van der Waals surface area contributed by atoms with Crippen LogP contribution < -0.4 is 5.32 Å². The molecule has 0 saturated heterocycles. The number of Topliss-reactive ketones (excluding diaryl/α,β-unsaturated/α-hetero) is 1. The molecule has 0 aromatic carbocycles. The van der Waals surface area contributed by atoms with Crippen molar-refractivity contribution in [3.63, 3.8) is 0 Å². The molecule has 0 fully saturated rings. The zero-order valence-corrected chi connectivity index (χ0v) is 15.5. The average molecular weight is 372 g/mol. The molecule has 0 bridgehead atoms. The van der Waals surface area contributed by atoms with E-state index in [4.69, 9.17) is 9.15 Å². The normalized spacial score (nSPS) is 19.9. The number of rotatable bonds is 5. The maximum atomic E-state index is 12.5. The number of nitrogens with one attached hydrogen (secondary N) is 1. The first-order valence-electron chi connectivity index (χ1n) is 8.54. The van der Waals surface area contributed by atoms with Crippen LogP contribution in [0.5, 0.6) is 0 Å². The van der Waals surface area contributed by atoms with Crippen LogP contribution in [0.4, 0.5) is 0 Å². The van der Waals surface area contributed by atoms with E-state index in [1.807, 2.05) is 0 Å². The summed E-state index contributed by atoms with van der Waals surface area (Å²) in [5, 5.41) is 13.6. The first-order valence-corrected chi connectivity index (χ1v) is 9.53. The number of carbonyl (C=O) groups excluding carboxylic acids is 2. The fourth-order valence-electron chi connectivity index (χ4n) is 3.21. The monoisotopic (exact) mass is 372 g/mol. The van der Waals surface area contributed by atoms with Gasteiger partial charge in [-0.05, 0) is 38.8 Å². The van der Waals surface area contributed by atoms with Crippen molar-refractivity contribution < 1.29 is 18.7 Å². The van der Waals surface area contributed by atoms with Gasteiger partial charge in [0.05, 0.1) is 40.7 Å². The van der Waals surface area contributed by atoms with Gasteiger partial charge in [0, 0.05) is 17.7 Å². The second kappa shape index (κ2) is 7.83. The topological polar surface area (TPSA) is 92.3 Å². The highest BCUT2D eigenvalue weighted by Gasteiger charge is 2.38. The summed E-state index contributed by atoms with van der Waals surface area (Å²) in [4.78, 5) is 24.4. The lowest BCUT2D eigenvalue weighted by Gasteiger charge is -2.32. The number of allylic oxidation sites excluding steroid dienone is 3. The number of thioether (sulfide) groups is 1. The molecule has 1 aromatic rings. The zero-order chi connectivity index (χ0) is 18.7. The minimum absolute atomic E-state index is 0.0381. The van der Waals surface area contributed by atoms with Gasteiger partial charge < -0.3 is 14.5 Å². The van der Waals surface area contributed by atoms with Gasteiger partial charge in [-0.3, -0.25) is 9.59 Å². The maximum Gasteiger partial charge on any atom is 0.316 e. The van der Waals surface area contributed by atoms with Gasteiger partial charge in [0.15, 0.2) is 5.78 Å². The fraction of sp³-hybridized carbons (Fsp3) is 0.421. The summed E-state index contributed by atoms with van der Waals surface area (Å²) >= 11 is 1.22. The Bertz CT molecular complexity index is 815. The number of hydrogen-bond donors (Lipinski definition) is 1. The van der Waals surface area contributed by atoms with Gasteiger partial charge in [0.25, 0.3) is 0 Å². The molecular formula is C19H20N2O4S. The van der Waals surface area contributed by atoms with Gasteiger partial charge in [-0.2, -0.15) is 5.26 Å². The molecular weight excluding hydrogens is 352 g/mol. The Balaban J connectivity index is 1.93. The second-order valence-electron chi connectivity index (χ2n) is 6.42. The van der Waals surface area contributed by atoms with Crippen molar-refractivity contribution in [3.8, 4) is 6.07 Å². The van der Waals surface area contributed by atoms with E-state index < -0.39 is 5.92 Å². The first-order chi connectivity index (χ1) is 12.5. The molecule has 2 heterocycles. The number of hydrogen-bond acceptors (Lipinski definition) is 7. The van der Waals surface area contributed by atoms with Crippen LogP contribution in [-0.4, -0.2) is 23.6 Å². The molecule has 0 unspecified atom stereocenters. The molecule has 26 heavy (non-hydrogen) atoms. The average Bonchev–Trinajstić information content (AvgIpc) is 3.12. The Hall–Kier alpha value is -2.46. The minimum atomic E-state index is -0.525. The van der Waals surface area contributed by atoms with Crippen LogP contribution in [-0.2, 0) is 14.3 Å². The van der Waals surface area contributed by atoms with Gasteiger partial charge in [-0.15, -0.1) is 0 Å². The Labute approximate surface area is 156 Å². The van der Waals surface area contributed by atoms with Crippen LogP contribution in [0.3, 0.4) is 0 Å². The molecule has 3 rings (SSSR count). The largest absolute Gasteiger partial charge is 0.468 e. The van der Waals surface area contributed by atoms with Crippen molar-refractivity contribution >= 4 is 23.5 Å². The van der Waals surface area contributed by atoms with E-state index >= 15 is 0 Å². The summed E-state index contributed by atoms with van der Waals surface area (Å²) in [5.74, 6) is -0.175. The lowest BCUT2D eigenvalue weighted by molar-refractivity contribution is -0.144. The van der Waals surface area contributed by atoms with E-state index in [1.165, 1.54) is 18.0 Å². The highest BCUT2D eigenvalue weighted by molar-refractivity contribution is 8.03. The molecule has 7 heteroatoms. The van der Waals surface area contributed by atoms with Crippen LogP contribution in [0.2, 0.25) is 0 Å². The third-order valence-corrected chi connectivity index (χ3v) is 5.18. The third-order valence-electron chi connectivity index (χ3n) is 4.19. The van der Waals surface area contributed by atoms with E-state index in [0.717, 1.165) is 18.5 Å². The lowest BCUT2D eigenvalue weighted by Crippen LogP contribution is -2.31. The number of ketones is 1. The van der Waals surface area contributed by atoms with Crippen LogP contribution in [0.15, 0.2) is 44.7 Å². The van der Waals surface area contributed by atoms with Gasteiger partial charge in [-0.25, -0.2) is 0 Å². The summed E-state index contributed by atoms with van der Waals surface area (Å²) < 4.78 is 10.7.